The Morgan fingerprint density at radius 3 is 2.76 bits per heavy atom. The first kappa shape index (κ1) is 14.2. The summed E-state index contributed by atoms with van der Waals surface area (Å²) in [5.41, 5.74) is 1.99. The molecule has 17 heavy (non-hydrogen) atoms. The number of nitrogens with one attached hydrogen (secondary N) is 1. The van der Waals surface area contributed by atoms with Crippen LogP contribution in [0.5, 0.6) is 0 Å². The fourth-order valence-corrected chi connectivity index (χ4v) is 1.77. The number of hydrogen-bond donors (Lipinski definition) is 1. The maximum Gasteiger partial charge on any atom is 0.221 e. The molecule has 6 heteroatoms. The summed E-state index contributed by atoms with van der Waals surface area (Å²) in [5, 5.41) is 7.12. The van der Waals surface area contributed by atoms with Gasteiger partial charge in [-0.3, -0.25) is 9.48 Å². The molecule has 1 amide bonds. The van der Waals surface area contributed by atoms with Gasteiger partial charge in [-0.1, -0.05) is 0 Å². The molecule has 1 N–H and O–H groups in total. The van der Waals surface area contributed by atoms with Crippen molar-refractivity contribution in [3.63, 3.8) is 0 Å². The van der Waals surface area contributed by atoms with Gasteiger partial charge in [-0.2, -0.15) is 5.10 Å². The highest BCUT2D eigenvalue weighted by Crippen LogP contribution is 2.19. The molecule has 1 aromatic rings. The second-order valence-corrected chi connectivity index (χ2v) is 4.59. The number of aryl methyl sites for hydroxylation is 2. The van der Waals surface area contributed by atoms with Crippen LogP contribution in [0.2, 0.25) is 0 Å². The first-order valence-corrected chi connectivity index (χ1v) is 6.30. The van der Waals surface area contributed by atoms with Crippen LogP contribution in [0.4, 0.5) is 0 Å². The molecule has 0 radical (unpaired) electrons. The molecule has 0 aliphatic rings. The fraction of sp³-hybridized carbons (Fsp3) is 0.636. The highest BCUT2D eigenvalue weighted by atomic mass is 79.9. The maximum atomic E-state index is 11.5. The van der Waals surface area contributed by atoms with E-state index in [4.69, 9.17) is 4.74 Å². The smallest absolute Gasteiger partial charge is 0.221 e. The number of rotatable bonds is 6. The van der Waals surface area contributed by atoms with E-state index in [-0.39, 0.29) is 5.91 Å². The molecule has 1 heterocycles. The molecule has 0 bridgehead atoms. The molecule has 1 rings (SSSR count). The Hall–Kier alpha value is -0.880. The van der Waals surface area contributed by atoms with E-state index < -0.39 is 0 Å². The molecule has 0 aliphatic heterocycles. The van der Waals surface area contributed by atoms with Gasteiger partial charge in [-0.05, 0) is 29.8 Å². The van der Waals surface area contributed by atoms with E-state index in [2.05, 4.69) is 26.3 Å². The van der Waals surface area contributed by atoms with Crippen LogP contribution >= 0.6 is 15.9 Å². The van der Waals surface area contributed by atoms with Crippen LogP contribution in [-0.4, -0.2) is 35.9 Å². The number of halogens is 1. The van der Waals surface area contributed by atoms with Crippen molar-refractivity contribution in [3.8, 4) is 0 Å². The molecule has 0 unspecified atom stereocenters. The Labute approximate surface area is 110 Å². The lowest BCUT2D eigenvalue weighted by Gasteiger charge is -2.06. The first-order valence-electron chi connectivity index (χ1n) is 5.51. The van der Waals surface area contributed by atoms with E-state index >= 15 is 0 Å². The Morgan fingerprint density at radius 1 is 1.53 bits per heavy atom. The lowest BCUT2D eigenvalue weighted by atomic mass is 10.3. The average Bonchev–Trinajstić information content (AvgIpc) is 2.54. The van der Waals surface area contributed by atoms with Gasteiger partial charge in [-0.15, -0.1) is 0 Å². The fourth-order valence-electron chi connectivity index (χ4n) is 1.48. The van der Waals surface area contributed by atoms with E-state index in [1.165, 1.54) is 0 Å². The largest absolute Gasteiger partial charge is 0.383 e. The van der Waals surface area contributed by atoms with Gasteiger partial charge < -0.3 is 10.1 Å². The lowest BCUT2D eigenvalue weighted by Crippen LogP contribution is -2.27. The normalized spacial score (nSPS) is 10.6. The zero-order valence-corrected chi connectivity index (χ0v) is 12.0. The summed E-state index contributed by atoms with van der Waals surface area (Å²) in [5.74, 6) is 0.0192. The van der Waals surface area contributed by atoms with Crippen LogP contribution in [-0.2, 0) is 16.1 Å². The zero-order chi connectivity index (χ0) is 12.8. The van der Waals surface area contributed by atoms with E-state index in [1.54, 1.807) is 7.11 Å². The standard InChI is InChI=1S/C11H18BrN3O2/c1-8-11(12)9(2)15(14-8)6-4-10(16)13-5-7-17-3/h4-7H2,1-3H3,(H,13,16). The Kier molecular flexibility index (Phi) is 5.64. The number of nitrogens with zero attached hydrogens (tertiary/aromatic N) is 2. The summed E-state index contributed by atoms with van der Waals surface area (Å²) in [6.45, 7) is 5.60. The van der Waals surface area contributed by atoms with Gasteiger partial charge in [0.25, 0.3) is 0 Å². The number of hydrogen-bond acceptors (Lipinski definition) is 3. The molecule has 0 atom stereocenters. The van der Waals surface area contributed by atoms with Crippen molar-refractivity contribution < 1.29 is 9.53 Å². The number of ether oxygens (including phenoxy) is 1. The predicted molar refractivity (Wildman–Crippen MR) is 68.9 cm³/mol. The van der Waals surface area contributed by atoms with Crippen molar-refractivity contribution >= 4 is 21.8 Å². The molecule has 96 valence electrons. The minimum absolute atomic E-state index is 0.0192. The van der Waals surface area contributed by atoms with Crippen molar-refractivity contribution in [1.82, 2.24) is 15.1 Å². The minimum atomic E-state index is 0.0192. The summed E-state index contributed by atoms with van der Waals surface area (Å²) < 4.78 is 7.71. The number of methoxy groups -OCH3 is 1. The summed E-state index contributed by atoms with van der Waals surface area (Å²) in [6, 6.07) is 0. The zero-order valence-electron chi connectivity index (χ0n) is 10.4. The molecular formula is C11H18BrN3O2. The molecule has 0 saturated heterocycles. The van der Waals surface area contributed by atoms with Crippen LogP contribution < -0.4 is 5.32 Å². The third-order valence-corrected chi connectivity index (χ3v) is 3.62. The number of carbonyl (C=O) groups excluding carboxylic acids is 1. The van der Waals surface area contributed by atoms with E-state index in [9.17, 15) is 4.79 Å². The van der Waals surface area contributed by atoms with Gasteiger partial charge in [0, 0.05) is 25.8 Å². The molecule has 1 aromatic heterocycles. The van der Waals surface area contributed by atoms with E-state index in [0.29, 0.717) is 26.1 Å². The Balaban J connectivity index is 2.39. The third-order valence-electron chi connectivity index (χ3n) is 2.47. The lowest BCUT2D eigenvalue weighted by molar-refractivity contribution is -0.121. The monoisotopic (exact) mass is 303 g/mol. The number of aromatic nitrogens is 2. The van der Waals surface area contributed by atoms with Gasteiger partial charge >= 0.3 is 0 Å². The molecule has 5 nitrogen and oxygen atoms in total. The van der Waals surface area contributed by atoms with E-state index in [0.717, 1.165) is 15.9 Å². The highest BCUT2D eigenvalue weighted by Gasteiger charge is 2.09. The molecule has 0 aliphatic carbocycles. The SMILES string of the molecule is COCCNC(=O)CCn1nc(C)c(Br)c1C. The van der Waals surface area contributed by atoms with Crippen molar-refractivity contribution in [2.75, 3.05) is 20.3 Å². The maximum absolute atomic E-state index is 11.5. The molecule has 0 fully saturated rings. The minimum Gasteiger partial charge on any atom is -0.383 e. The van der Waals surface area contributed by atoms with E-state index in [1.807, 2.05) is 18.5 Å². The Morgan fingerprint density at radius 2 is 2.24 bits per heavy atom. The number of carbonyl (C=O) groups is 1. The van der Waals surface area contributed by atoms with Crippen molar-refractivity contribution in [2.45, 2.75) is 26.8 Å². The number of amides is 1. The van der Waals surface area contributed by atoms with Crippen LogP contribution in [0.1, 0.15) is 17.8 Å². The highest BCUT2D eigenvalue weighted by molar-refractivity contribution is 9.10. The van der Waals surface area contributed by atoms with Crippen molar-refractivity contribution in [1.29, 1.82) is 0 Å². The van der Waals surface area contributed by atoms with Gasteiger partial charge in [0.1, 0.15) is 0 Å². The van der Waals surface area contributed by atoms with Gasteiger partial charge in [0.2, 0.25) is 5.91 Å². The molecular weight excluding hydrogens is 286 g/mol. The van der Waals surface area contributed by atoms with Gasteiger partial charge in [-0.25, -0.2) is 0 Å². The summed E-state index contributed by atoms with van der Waals surface area (Å²) >= 11 is 3.46. The first-order chi connectivity index (χ1) is 8.06. The van der Waals surface area contributed by atoms with Crippen LogP contribution in [0.25, 0.3) is 0 Å². The Bertz CT molecular complexity index is 390. The average molecular weight is 304 g/mol. The second kappa shape index (κ2) is 6.76. The van der Waals surface area contributed by atoms with Crippen molar-refractivity contribution in [2.24, 2.45) is 0 Å². The quantitative estimate of drug-likeness (QED) is 0.809. The molecule has 0 aromatic carbocycles. The predicted octanol–water partition coefficient (Wildman–Crippen LogP) is 1.42. The third kappa shape index (κ3) is 4.12. The molecule has 0 spiro atoms. The van der Waals surface area contributed by atoms with Gasteiger partial charge in [0.05, 0.1) is 23.3 Å². The van der Waals surface area contributed by atoms with Gasteiger partial charge in [0.15, 0.2) is 0 Å². The van der Waals surface area contributed by atoms with Crippen LogP contribution in [0.15, 0.2) is 4.47 Å². The second-order valence-electron chi connectivity index (χ2n) is 3.80. The topological polar surface area (TPSA) is 56.1 Å². The van der Waals surface area contributed by atoms with Crippen molar-refractivity contribution in [3.05, 3.63) is 15.9 Å². The van der Waals surface area contributed by atoms with Crippen LogP contribution in [0, 0.1) is 13.8 Å². The molecule has 0 saturated carbocycles. The van der Waals surface area contributed by atoms with Crippen LogP contribution in [0.3, 0.4) is 0 Å². The summed E-state index contributed by atoms with van der Waals surface area (Å²) in [6.07, 6.45) is 0.429. The summed E-state index contributed by atoms with van der Waals surface area (Å²) in [4.78, 5) is 11.5. The summed E-state index contributed by atoms with van der Waals surface area (Å²) in [7, 11) is 1.61.